The van der Waals surface area contributed by atoms with Crippen LogP contribution in [-0.4, -0.2) is 34.5 Å². The number of alkyl halides is 3. The fraction of sp³-hybridized carbons (Fsp3) is 0.429. The van der Waals surface area contributed by atoms with Crippen LogP contribution in [0, 0.1) is 0 Å². The van der Waals surface area contributed by atoms with E-state index in [1.54, 1.807) is 0 Å². The van der Waals surface area contributed by atoms with Crippen molar-refractivity contribution in [3.63, 3.8) is 0 Å². The van der Waals surface area contributed by atoms with Gasteiger partial charge in [-0.15, -0.1) is 0 Å². The molecule has 1 fully saturated rings. The molecule has 1 atom stereocenters. The third-order valence-electron chi connectivity index (χ3n) is 3.47. The number of carbonyl (C=O) groups excluding carboxylic acids is 1. The lowest BCUT2D eigenvalue weighted by Gasteiger charge is -2.21. The number of nitrogens with zero attached hydrogens (tertiary/aromatic N) is 1. The maximum absolute atomic E-state index is 12.6. The van der Waals surface area contributed by atoms with E-state index in [-0.39, 0.29) is 12.0 Å². The molecule has 2 rings (SSSR count). The molecule has 1 amide bonds. The molecule has 0 bridgehead atoms. The predicted octanol–water partition coefficient (Wildman–Crippen LogP) is 2.32. The van der Waals surface area contributed by atoms with Crippen LogP contribution in [0.3, 0.4) is 0 Å². The number of rotatable bonds is 3. The predicted molar refractivity (Wildman–Crippen MR) is 67.5 cm³/mol. The largest absolute Gasteiger partial charge is 0.480 e. The van der Waals surface area contributed by atoms with E-state index >= 15 is 0 Å². The summed E-state index contributed by atoms with van der Waals surface area (Å²) in [5, 5.41) is 9.01. The lowest BCUT2D eigenvalue weighted by molar-refractivity contribution is -0.148. The van der Waals surface area contributed by atoms with Crippen LogP contribution >= 0.6 is 0 Å². The minimum absolute atomic E-state index is 0.228. The van der Waals surface area contributed by atoms with Crippen LogP contribution in [-0.2, 0) is 22.2 Å². The molecule has 1 aromatic carbocycles. The maximum atomic E-state index is 12.6. The molecule has 0 aliphatic carbocycles. The van der Waals surface area contributed by atoms with Crippen molar-refractivity contribution >= 4 is 11.9 Å². The molecule has 1 heterocycles. The molecule has 7 heteroatoms. The Morgan fingerprint density at radius 1 is 1.33 bits per heavy atom. The van der Waals surface area contributed by atoms with E-state index in [9.17, 15) is 22.8 Å². The second-order valence-electron chi connectivity index (χ2n) is 4.96. The summed E-state index contributed by atoms with van der Waals surface area (Å²) in [6, 6.07) is 3.65. The first-order valence-corrected chi connectivity index (χ1v) is 6.47. The number of hydrogen-bond donors (Lipinski definition) is 1. The van der Waals surface area contributed by atoms with Crippen LogP contribution in [0.15, 0.2) is 24.3 Å². The summed E-state index contributed by atoms with van der Waals surface area (Å²) < 4.78 is 37.8. The van der Waals surface area contributed by atoms with Gasteiger partial charge in [-0.3, -0.25) is 4.79 Å². The van der Waals surface area contributed by atoms with Gasteiger partial charge in [-0.05, 0) is 24.5 Å². The highest BCUT2D eigenvalue weighted by Crippen LogP contribution is 2.29. The lowest BCUT2D eigenvalue weighted by Crippen LogP contribution is -2.41. The van der Waals surface area contributed by atoms with E-state index in [0.717, 1.165) is 12.1 Å². The van der Waals surface area contributed by atoms with Crippen molar-refractivity contribution in [3.05, 3.63) is 35.4 Å². The molecular formula is C14H14F3NO3. The molecule has 114 valence electrons. The number of aliphatic carboxylic acids is 1. The van der Waals surface area contributed by atoms with Gasteiger partial charge in [0.2, 0.25) is 5.91 Å². The van der Waals surface area contributed by atoms with E-state index in [2.05, 4.69) is 0 Å². The fourth-order valence-electron chi connectivity index (χ4n) is 2.46. The zero-order chi connectivity index (χ0) is 15.6. The molecule has 1 saturated heterocycles. The molecule has 0 spiro atoms. The summed E-state index contributed by atoms with van der Waals surface area (Å²) in [5.41, 5.74) is -0.588. The van der Waals surface area contributed by atoms with Gasteiger partial charge in [-0.25, -0.2) is 4.79 Å². The number of benzene rings is 1. The normalized spacial score (nSPS) is 18.8. The molecule has 1 aliphatic rings. The Labute approximate surface area is 119 Å². The molecule has 4 nitrogen and oxygen atoms in total. The highest BCUT2D eigenvalue weighted by molar-refractivity contribution is 5.85. The Balaban J connectivity index is 2.11. The van der Waals surface area contributed by atoms with Crippen LogP contribution < -0.4 is 0 Å². The monoisotopic (exact) mass is 301 g/mol. The zero-order valence-electron chi connectivity index (χ0n) is 11.1. The van der Waals surface area contributed by atoms with Gasteiger partial charge in [0.05, 0.1) is 12.0 Å². The Bertz CT molecular complexity index is 557. The van der Waals surface area contributed by atoms with Gasteiger partial charge in [0, 0.05) is 6.54 Å². The number of carboxylic acids is 1. The minimum Gasteiger partial charge on any atom is -0.480 e. The summed E-state index contributed by atoms with van der Waals surface area (Å²) in [4.78, 5) is 24.3. The van der Waals surface area contributed by atoms with Crippen molar-refractivity contribution in [3.8, 4) is 0 Å². The first-order chi connectivity index (χ1) is 9.79. The second-order valence-corrected chi connectivity index (χ2v) is 4.96. The summed E-state index contributed by atoms with van der Waals surface area (Å²) in [5.74, 6) is -1.54. The highest BCUT2D eigenvalue weighted by Gasteiger charge is 2.34. The van der Waals surface area contributed by atoms with Gasteiger partial charge in [0.1, 0.15) is 6.04 Å². The van der Waals surface area contributed by atoms with Crippen molar-refractivity contribution in [2.24, 2.45) is 0 Å². The van der Waals surface area contributed by atoms with Gasteiger partial charge in [-0.1, -0.05) is 18.2 Å². The van der Waals surface area contributed by atoms with E-state index in [4.69, 9.17) is 5.11 Å². The molecule has 0 aromatic heterocycles. The number of amides is 1. The highest BCUT2D eigenvalue weighted by atomic mass is 19.4. The Morgan fingerprint density at radius 2 is 2.05 bits per heavy atom. The average molecular weight is 301 g/mol. The molecular weight excluding hydrogens is 287 g/mol. The molecule has 1 aliphatic heterocycles. The van der Waals surface area contributed by atoms with Crippen molar-refractivity contribution < 1.29 is 27.9 Å². The quantitative estimate of drug-likeness (QED) is 0.932. The third kappa shape index (κ3) is 3.53. The Hall–Kier alpha value is -2.05. The van der Waals surface area contributed by atoms with E-state index in [1.807, 2.05) is 0 Å². The van der Waals surface area contributed by atoms with E-state index < -0.39 is 29.7 Å². The summed E-state index contributed by atoms with van der Waals surface area (Å²) in [6.07, 6.45) is -3.72. The number of halogens is 3. The van der Waals surface area contributed by atoms with Gasteiger partial charge < -0.3 is 10.0 Å². The SMILES string of the molecule is O=C(O)[C@@H]1CCCN1C(=O)Cc1cccc(C(F)(F)F)c1. The van der Waals surface area contributed by atoms with E-state index in [0.29, 0.717) is 19.4 Å². The first-order valence-electron chi connectivity index (χ1n) is 6.47. The van der Waals surface area contributed by atoms with Crippen molar-refractivity contribution in [2.75, 3.05) is 6.54 Å². The molecule has 0 saturated carbocycles. The Kier molecular flexibility index (Phi) is 4.20. The summed E-state index contributed by atoms with van der Waals surface area (Å²) in [6.45, 7) is 0.328. The Morgan fingerprint density at radius 3 is 2.67 bits per heavy atom. The molecule has 21 heavy (non-hydrogen) atoms. The van der Waals surface area contributed by atoms with Crippen LogP contribution in [0.1, 0.15) is 24.0 Å². The van der Waals surface area contributed by atoms with Gasteiger partial charge in [0.25, 0.3) is 0 Å². The summed E-state index contributed by atoms with van der Waals surface area (Å²) >= 11 is 0. The van der Waals surface area contributed by atoms with Crippen LogP contribution in [0.2, 0.25) is 0 Å². The van der Waals surface area contributed by atoms with Crippen molar-refractivity contribution in [1.82, 2.24) is 4.90 Å². The first kappa shape index (κ1) is 15.3. The zero-order valence-corrected chi connectivity index (χ0v) is 11.1. The number of carbonyl (C=O) groups is 2. The van der Waals surface area contributed by atoms with Crippen LogP contribution in [0.5, 0.6) is 0 Å². The molecule has 1 aromatic rings. The second kappa shape index (κ2) is 5.75. The van der Waals surface area contributed by atoms with Gasteiger partial charge in [-0.2, -0.15) is 13.2 Å². The smallest absolute Gasteiger partial charge is 0.416 e. The maximum Gasteiger partial charge on any atom is 0.416 e. The fourth-order valence-corrected chi connectivity index (χ4v) is 2.46. The number of likely N-dealkylation sites (tertiary alicyclic amines) is 1. The topological polar surface area (TPSA) is 57.6 Å². The van der Waals surface area contributed by atoms with Gasteiger partial charge in [0.15, 0.2) is 0 Å². The molecule has 0 unspecified atom stereocenters. The van der Waals surface area contributed by atoms with Gasteiger partial charge >= 0.3 is 12.1 Å². The number of hydrogen-bond acceptors (Lipinski definition) is 2. The van der Waals surface area contributed by atoms with Crippen LogP contribution in [0.25, 0.3) is 0 Å². The lowest BCUT2D eigenvalue weighted by atomic mass is 10.1. The molecule has 1 N–H and O–H groups in total. The average Bonchev–Trinajstić information content (AvgIpc) is 2.87. The minimum atomic E-state index is -4.46. The van der Waals surface area contributed by atoms with Crippen LogP contribution in [0.4, 0.5) is 13.2 Å². The van der Waals surface area contributed by atoms with Crippen molar-refractivity contribution in [2.45, 2.75) is 31.5 Å². The third-order valence-corrected chi connectivity index (χ3v) is 3.47. The number of carboxylic acid groups (broad SMARTS) is 1. The standard InChI is InChI=1S/C14H14F3NO3/c15-14(16,17)10-4-1-3-9(7-10)8-12(19)18-6-2-5-11(18)13(20)21/h1,3-4,7,11H,2,5-6,8H2,(H,20,21)/t11-/m0/s1. The molecule has 0 radical (unpaired) electrons. The van der Waals surface area contributed by atoms with Crippen molar-refractivity contribution in [1.29, 1.82) is 0 Å². The van der Waals surface area contributed by atoms with E-state index in [1.165, 1.54) is 17.0 Å². The summed E-state index contributed by atoms with van der Waals surface area (Å²) in [7, 11) is 0.